The number of esters is 1. The number of carbonyl (C=O) groups is 2. The van der Waals surface area contributed by atoms with Gasteiger partial charge in [0, 0.05) is 23.8 Å². The van der Waals surface area contributed by atoms with E-state index >= 15 is 0 Å². The first-order chi connectivity index (χ1) is 13.7. The van der Waals surface area contributed by atoms with Gasteiger partial charge in [-0.25, -0.2) is 0 Å². The molecule has 0 aromatic heterocycles. The second kappa shape index (κ2) is 9.13. The second-order valence-corrected chi connectivity index (χ2v) is 9.06. The third-order valence-corrected chi connectivity index (χ3v) is 7.44. The monoisotopic (exact) mass is 520 g/mol. The Bertz CT molecular complexity index is 718. The van der Waals surface area contributed by atoms with Gasteiger partial charge in [0.05, 0.1) is 31.3 Å². The van der Waals surface area contributed by atoms with E-state index in [4.69, 9.17) is 9.47 Å². The number of cyclic esters (lactones) is 1. The highest BCUT2D eigenvalue weighted by Crippen LogP contribution is 2.45. The maximum Gasteiger partial charge on any atom is 0.309 e. The van der Waals surface area contributed by atoms with E-state index < -0.39 is 35.8 Å². The predicted molar refractivity (Wildman–Crippen MR) is 113 cm³/mol. The number of aliphatic hydroxyl groups excluding tert-OH is 3. The van der Waals surface area contributed by atoms with E-state index in [0.717, 1.165) is 5.57 Å². The molecule has 0 aromatic rings. The fourth-order valence-corrected chi connectivity index (χ4v) is 4.78. The minimum absolute atomic E-state index is 0.118. The number of epoxide rings is 1. The minimum atomic E-state index is -1.26. The Morgan fingerprint density at radius 1 is 1.38 bits per heavy atom. The normalized spacial score (nSPS) is 41.7. The summed E-state index contributed by atoms with van der Waals surface area (Å²) in [5.74, 6) is -1.88. The first kappa shape index (κ1) is 22.9. The Morgan fingerprint density at radius 2 is 2.10 bits per heavy atom. The maximum absolute atomic E-state index is 12.6. The maximum atomic E-state index is 12.6. The average Bonchev–Trinajstić information content (AvgIpc) is 3.38. The van der Waals surface area contributed by atoms with E-state index in [-0.39, 0.29) is 36.4 Å². The zero-order chi connectivity index (χ0) is 21.3. The molecule has 7 atom stereocenters. The molecule has 29 heavy (non-hydrogen) atoms. The highest BCUT2D eigenvalue weighted by molar-refractivity contribution is 14.1. The molecule has 1 saturated heterocycles. The molecular formula is C21H29IO7. The highest BCUT2D eigenvalue weighted by Gasteiger charge is 2.56. The van der Waals surface area contributed by atoms with Gasteiger partial charge in [0.1, 0.15) is 11.7 Å². The summed E-state index contributed by atoms with van der Waals surface area (Å²) in [6.45, 7) is 3.38. The first-order valence-corrected chi connectivity index (χ1v) is 11.3. The molecule has 0 saturated carbocycles. The Balaban J connectivity index is 1.88. The lowest BCUT2D eigenvalue weighted by Crippen LogP contribution is -2.40. The lowest BCUT2D eigenvalue weighted by molar-refractivity contribution is -0.149. The van der Waals surface area contributed by atoms with E-state index in [9.17, 15) is 24.9 Å². The van der Waals surface area contributed by atoms with Gasteiger partial charge in [0.15, 0.2) is 5.78 Å². The molecule has 0 aromatic carbocycles. The van der Waals surface area contributed by atoms with Crippen LogP contribution in [0, 0.1) is 11.8 Å². The molecule has 3 aliphatic rings. The van der Waals surface area contributed by atoms with Crippen LogP contribution in [0.2, 0.25) is 0 Å². The number of ether oxygens (including phenoxy) is 2. The molecule has 3 N–H and O–H groups in total. The van der Waals surface area contributed by atoms with Gasteiger partial charge < -0.3 is 24.8 Å². The molecule has 0 radical (unpaired) electrons. The zero-order valence-electron chi connectivity index (χ0n) is 16.7. The van der Waals surface area contributed by atoms with Gasteiger partial charge in [-0.3, -0.25) is 9.59 Å². The van der Waals surface area contributed by atoms with E-state index in [1.165, 1.54) is 0 Å². The van der Waals surface area contributed by atoms with E-state index in [1.54, 1.807) is 13.0 Å². The van der Waals surface area contributed by atoms with Gasteiger partial charge in [-0.05, 0) is 35.8 Å². The Morgan fingerprint density at radius 3 is 2.76 bits per heavy atom. The standard InChI is InChI=1S/C21H29IO7/c1-11(9-22)16-8-17-21(10-23,29-17)5-3-4-13-6-14(15(24)7-18(25)28-16)20(27)12(2)19(13)26/h6,9,12-13,15-17,19,23-24,26H,3-5,7-8,10H2,1-2H3/b11-9+/t12-,13-,15+,16+,17+,19-,21+/m1/s1. The van der Waals surface area contributed by atoms with Crippen molar-refractivity contribution in [3.05, 3.63) is 21.3 Å². The number of halogens is 1. The van der Waals surface area contributed by atoms with Gasteiger partial charge in [-0.2, -0.15) is 0 Å². The van der Waals surface area contributed by atoms with Crippen molar-refractivity contribution in [2.75, 3.05) is 6.61 Å². The topological polar surface area (TPSA) is 117 Å². The Kier molecular flexibility index (Phi) is 7.20. The number of aliphatic hydroxyl groups is 3. The van der Waals surface area contributed by atoms with Crippen molar-refractivity contribution < 1.29 is 34.4 Å². The molecule has 2 bridgehead atoms. The Hall–Kier alpha value is -0.810. The van der Waals surface area contributed by atoms with Crippen molar-refractivity contribution >= 4 is 34.3 Å². The zero-order valence-corrected chi connectivity index (χ0v) is 18.9. The van der Waals surface area contributed by atoms with Crippen LogP contribution in [0.15, 0.2) is 21.3 Å². The summed E-state index contributed by atoms with van der Waals surface area (Å²) in [6, 6.07) is 0. The molecule has 0 spiro atoms. The molecule has 3 rings (SSSR count). The van der Waals surface area contributed by atoms with E-state index in [1.807, 2.05) is 11.0 Å². The molecule has 0 unspecified atom stereocenters. The van der Waals surface area contributed by atoms with Crippen molar-refractivity contribution in [3.8, 4) is 0 Å². The van der Waals surface area contributed by atoms with E-state index in [0.29, 0.717) is 25.7 Å². The molecule has 1 fully saturated rings. The van der Waals surface area contributed by atoms with Gasteiger partial charge in [-0.15, -0.1) is 0 Å². The average molecular weight is 520 g/mol. The third-order valence-electron chi connectivity index (χ3n) is 6.46. The Labute approximate surface area is 184 Å². The van der Waals surface area contributed by atoms with Crippen molar-refractivity contribution in [3.63, 3.8) is 0 Å². The number of hydrogen-bond donors (Lipinski definition) is 3. The summed E-state index contributed by atoms with van der Waals surface area (Å²) in [7, 11) is 0. The highest BCUT2D eigenvalue weighted by atomic mass is 127. The van der Waals surface area contributed by atoms with Crippen molar-refractivity contribution in [2.45, 2.75) is 76.0 Å². The van der Waals surface area contributed by atoms with Crippen LogP contribution in [0.25, 0.3) is 0 Å². The molecular weight excluding hydrogens is 491 g/mol. The van der Waals surface area contributed by atoms with Crippen LogP contribution >= 0.6 is 22.6 Å². The van der Waals surface area contributed by atoms with Crippen molar-refractivity contribution in [2.24, 2.45) is 11.8 Å². The summed E-state index contributed by atoms with van der Waals surface area (Å²) < 4.78 is 13.3. The van der Waals surface area contributed by atoms with Crippen LogP contribution in [0.5, 0.6) is 0 Å². The summed E-state index contributed by atoms with van der Waals surface area (Å²) in [6.07, 6.45) is 0.810. The lowest BCUT2D eigenvalue weighted by Gasteiger charge is -2.32. The molecule has 1 aliphatic carbocycles. The predicted octanol–water partition coefficient (Wildman–Crippen LogP) is 1.81. The number of hydrogen-bond acceptors (Lipinski definition) is 7. The van der Waals surface area contributed by atoms with E-state index in [2.05, 4.69) is 22.6 Å². The summed E-state index contributed by atoms with van der Waals surface area (Å²) >= 11 is 2.08. The minimum Gasteiger partial charge on any atom is -0.458 e. The summed E-state index contributed by atoms with van der Waals surface area (Å²) in [5, 5.41) is 30.9. The summed E-state index contributed by atoms with van der Waals surface area (Å²) in [5.41, 5.74) is 0.387. The van der Waals surface area contributed by atoms with Crippen molar-refractivity contribution in [1.29, 1.82) is 0 Å². The quantitative estimate of drug-likeness (QED) is 0.289. The van der Waals surface area contributed by atoms with Crippen LogP contribution in [0.4, 0.5) is 0 Å². The molecule has 8 heteroatoms. The van der Waals surface area contributed by atoms with Crippen LogP contribution in [0.1, 0.15) is 46.0 Å². The third kappa shape index (κ3) is 4.76. The molecule has 7 nitrogen and oxygen atoms in total. The van der Waals surface area contributed by atoms with Gasteiger partial charge in [0.2, 0.25) is 0 Å². The number of rotatable bonds is 2. The van der Waals surface area contributed by atoms with Gasteiger partial charge in [-0.1, -0.05) is 35.6 Å². The number of fused-ring (bicyclic) bond motifs is 2. The fourth-order valence-electron chi connectivity index (χ4n) is 4.38. The molecule has 2 heterocycles. The van der Waals surface area contributed by atoms with Crippen LogP contribution in [0.3, 0.4) is 0 Å². The first-order valence-electron chi connectivity index (χ1n) is 10.1. The molecule has 2 aliphatic heterocycles. The largest absolute Gasteiger partial charge is 0.458 e. The lowest BCUT2D eigenvalue weighted by atomic mass is 9.75. The smallest absolute Gasteiger partial charge is 0.309 e. The number of ketones is 1. The van der Waals surface area contributed by atoms with Crippen LogP contribution < -0.4 is 0 Å². The molecule has 162 valence electrons. The number of carbonyl (C=O) groups excluding carboxylic acids is 2. The van der Waals surface area contributed by atoms with Crippen LogP contribution in [-0.4, -0.2) is 63.7 Å². The van der Waals surface area contributed by atoms with Gasteiger partial charge >= 0.3 is 5.97 Å². The van der Waals surface area contributed by atoms with Crippen LogP contribution in [-0.2, 0) is 19.1 Å². The van der Waals surface area contributed by atoms with Gasteiger partial charge in [0.25, 0.3) is 0 Å². The van der Waals surface area contributed by atoms with Crippen molar-refractivity contribution in [1.82, 2.24) is 0 Å². The second-order valence-electron chi connectivity index (χ2n) is 8.44. The molecule has 0 amide bonds. The fraction of sp³-hybridized carbons (Fsp3) is 0.714. The number of Topliss-reactive ketones (excluding diaryl/α,β-unsaturated/α-hetero) is 1. The summed E-state index contributed by atoms with van der Waals surface area (Å²) in [4.78, 5) is 25.1. The SMILES string of the molecule is C/C(=C\I)[C@@H]1C[C@@H]2O[C@]2(CO)CCC[C@@H]2C=C(C(=O)[C@H](C)[C@H]2O)[C@@H](O)CC(=O)O1.